The van der Waals surface area contributed by atoms with Gasteiger partial charge in [0.15, 0.2) is 0 Å². The molecule has 0 fully saturated rings. The number of rotatable bonds is 18. The third kappa shape index (κ3) is 21.3. The maximum absolute atomic E-state index is 4.44. The van der Waals surface area contributed by atoms with Crippen molar-refractivity contribution in [2.75, 3.05) is 26.2 Å². The second kappa shape index (κ2) is 21.3. The normalized spacial score (nSPS) is 11.9. The third-order valence-electron chi connectivity index (χ3n) is 4.01. The lowest BCUT2D eigenvalue weighted by Gasteiger charge is -1.99. The molecule has 3 nitrogen and oxygen atoms in total. The standard InChI is InChI=1S/C20H41N3/c1-3-5-7-9-11-13-15-21-17-19-23-20-18-22-16-14-12-10-8-6-4-2/h17-18,23H,3-16,19-20H2,1-2H3. The Morgan fingerprint density at radius 2 is 0.957 bits per heavy atom. The van der Waals surface area contributed by atoms with E-state index < -0.39 is 0 Å². The van der Waals surface area contributed by atoms with Crippen molar-refractivity contribution in [3.8, 4) is 0 Å². The summed E-state index contributed by atoms with van der Waals surface area (Å²) in [5.74, 6) is 0. The summed E-state index contributed by atoms with van der Waals surface area (Å²) in [6.07, 6.45) is 20.1. The molecule has 23 heavy (non-hydrogen) atoms. The average Bonchev–Trinajstić information content (AvgIpc) is 2.57. The Labute approximate surface area is 145 Å². The van der Waals surface area contributed by atoms with Gasteiger partial charge in [0.1, 0.15) is 0 Å². The highest BCUT2D eigenvalue weighted by molar-refractivity contribution is 5.63. The van der Waals surface area contributed by atoms with Crippen molar-refractivity contribution in [3.05, 3.63) is 0 Å². The van der Waals surface area contributed by atoms with Crippen LogP contribution in [0.2, 0.25) is 0 Å². The van der Waals surface area contributed by atoms with E-state index in [0.29, 0.717) is 0 Å². The molecule has 0 aliphatic rings. The fourth-order valence-corrected chi connectivity index (χ4v) is 2.49. The predicted molar refractivity (Wildman–Crippen MR) is 106 cm³/mol. The van der Waals surface area contributed by atoms with E-state index in [1.807, 2.05) is 12.4 Å². The molecule has 0 amide bonds. The predicted octanol–water partition coefficient (Wildman–Crippen LogP) is 5.44. The molecule has 0 heterocycles. The van der Waals surface area contributed by atoms with E-state index in [2.05, 4.69) is 29.1 Å². The van der Waals surface area contributed by atoms with E-state index >= 15 is 0 Å². The molecule has 0 atom stereocenters. The van der Waals surface area contributed by atoms with Gasteiger partial charge in [-0.1, -0.05) is 78.1 Å². The first-order chi connectivity index (χ1) is 11.4. The zero-order valence-electron chi connectivity index (χ0n) is 15.9. The number of hydrogen-bond acceptors (Lipinski definition) is 3. The lowest BCUT2D eigenvalue weighted by Crippen LogP contribution is -2.18. The monoisotopic (exact) mass is 323 g/mol. The molecule has 136 valence electrons. The van der Waals surface area contributed by atoms with Crippen LogP contribution < -0.4 is 5.32 Å². The molecule has 0 saturated carbocycles. The van der Waals surface area contributed by atoms with Gasteiger partial charge in [-0.05, 0) is 12.8 Å². The Bertz CT molecular complexity index is 236. The Balaban J connectivity index is 3.13. The van der Waals surface area contributed by atoms with Gasteiger partial charge >= 0.3 is 0 Å². The molecule has 0 aromatic carbocycles. The lowest BCUT2D eigenvalue weighted by molar-refractivity contribution is 0.612. The van der Waals surface area contributed by atoms with Crippen LogP contribution in [0, 0.1) is 0 Å². The molecule has 0 aliphatic carbocycles. The van der Waals surface area contributed by atoms with Crippen molar-refractivity contribution in [1.82, 2.24) is 5.32 Å². The minimum absolute atomic E-state index is 0.860. The maximum Gasteiger partial charge on any atom is 0.0385 e. The van der Waals surface area contributed by atoms with Crippen molar-refractivity contribution in [1.29, 1.82) is 0 Å². The second-order valence-corrected chi connectivity index (χ2v) is 6.37. The molecule has 0 aliphatic heterocycles. The maximum atomic E-state index is 4.44. The molecule has 0 spiro atoms. The van der Waals surface area contributed by atoms with Crippen LogP contribution in [-0.2, 0) is 0 Å². The van der Waals surface area contributed by atoms with Crippen LogP contribution in [0.5, 0.6) is 0 Å². The summed E-state index contributed by atoms with van der Waals surface area (Å²) in [6, 6.07) is 0. The van der Waals surface area contributed by atoms with Gasteiger partial charge in [-0.2, -0.15) is 0 Å². The lowest BCUT2D eigenvalue weighted by atomic mass is 10.1. The van der Waals surface area contributed by atoms with Crippen molar-refractivity contribution < 1.29 is 0 Å². The summed E-state index contributed by atoms with van der Waals surface area (Å²) < 4.78 is 0. The molecular formula is C20H41N3. The second-order valence-electron chi connectivity index (χ2n) is 6.37. The highest BCUT2D eigenvalue weighted by Gasteiger charge is 1.89. The molecule has 1 N–H and O–H groups in total. The molecule has 0 aromatic heterocycles. The van der Waals surface area contributed by atoms with E-state index in [4.69, 9.17) is 0 Å². The first-order valence-electron chi connectivity index (χ1n) is 10.1. The summed E-state index contributed by atoms with van der Waals surface area (Å²) >= 11 is 0. The molecule has 3 heteroatoms. The number of hydrogen-bond donors (Lipinski definition) is 1. The van der Waals surface area contributed by atoms with Gasteiger partial charge in [0.05, 0.1) is 0 Å². The molecular weight excluding hydrogens is 282 g/mol. The summed E-state index contributed by atoms with van der Waals surface area (Å²) in [6.45, 7) is 8.21. The van der Waals surface area contributed by atoms with Gasteiger partial charge in [0, 0.05) is 38.6 Å². The molecule has 0 radical (unpaired) electrons. The van der Waals surface area contributed by atoms with Crippen LogP contribution >= 0.6 is 0 Å². The Kier molecular flexibility index (Phi) is 20.7. The minimum Gasteiger partial charge on any atom is -0.307 e. The first-order valence-corrected chi connectivity index (χ1v) is 10.1. The molecule has 0 rings (SSSR count). The number of unbranched alkanes of at least 4 members (excludes halogenated alkanes) is 10. The zero-order valence-corrected chi connectivity index (χ0v) is 15.9. The van der Waals surface area contributed by atoms with Gasteiger partial charge in [0.25, 0.3) is 0 Å². The summed E-state index contributed by atoms with van der Waals surface area (Å²) in [5.41, 5.74) is 0. The molecule has 0 saturated heterocycles. The average molecular weight is 324 g/mol. The van der Waals surface area contributed by atoms with Crippen molar-refractivity contribution in [2.45, 2.75) is 90.9 Å². The van der Waals surface area contributed by atoms with Crippen molar-refractivity contribution >= 4 is 12.4 Å². The van der Waals surface area contributed by atoms with E-state index in [0.717, 1.165) is 26.2 Å². The quantitative estimate of drug-likeness (QED) is 0.265. The number of nitrogens with zero attached hydrogens (tertiary/aromatic N) is 2. The van der Waals surface area contributed by atoms with Crippen LogP contribution in [0.4, 0.5) is 0 Å². The fraction of sp³-hybridized carbons (Fsp3) is 0.900. The summed E-state index contributed by atoms with van der Waals surface area (Å²) in [4.78, 5) is 8.88. The molecule has 0 bridgehead atoms. The zero-order chi connectivity index (χ0) is 16.8. The van der Waals surface area contributed by atoms with Gasteiger partial charge in [-0.25, -0.2) is 0 Å². The Morgan fingerprint density at radius 3 is 1.39 bits per heavy atom. The van der Waals surface area contributed by atoms with E-state index in [1.54, 1.807) is 0 Å². The first kappa shape index (κ1) is 22.3. The minimum atomic E-state index is 0.860. The van der Waals surface area contributed by atoms with Gasteiger partial charge in [-0.3, -0.25) is 9.98 Å². The highest BCUT2D eigenvalue weighted by atomic mass is 14.9. The van der Waals surface area contributed by atoms with Crippen molar-refractivity contribution in [3.63, 3.8) is 0 Å². The van der Waals surface area contributed by atoms with E-state index in [9.17, 15) is 0 Å². The Morgan fingerprint density at radius 1 is 0.565 bits per heavy atom. The van der Waals surface area contributed by atoms with Crippen LogP contribution in [0.1, 0.15) is 90.9 Å². The van der Waals surface area contributed by atoms with Gasteiger partial charge in [-0.15, -0.1) is 0 Å². The van der Waals surface area contributed by atoms with Gasteiger partial charge < -0.3 is 5.32 Å². The summed E-state index contributed by atoms with van der Waals surface area (Å²) in [7, 11) is 0. The largest absolute Gasteiger partial charge is 0.307 e. The molecule has 0 unspecified atom stereocenters. The third-order valence-corrected chi connectivity index (χ3v) is 4.01. The molecule has 0 aromatic rings. The Hall–Kier alpha value is -0.700. The number of aliphatic imine (C=N–C) groups is 2. The van der Waals surface area contributed by atoms with Crippen LogP contribution in [0.15, 0.2) is 9.98 Å². The SMILES string of the molecule is CCCCCCCCN=CCNCC=NCCCCCCCC. The fourth-order valence-electron chi connectivity index (χ4n) is 2.49. The van der Waals surface area contributed by atoms with Crippen LogP contribution in [0.3, 0.4) is 0 Å². The van der Waals surface area contributed by atoms with Crippen molar-refractivity contribution in [2.24, 2.45) is 9.98 Å². The topological polar surface area (TPSA) is 36.8 Å². The van der Waals surface area contributed by atoms with Crippen LogP contribution in [0.25, 0.3) is 0 Å². The summed E-state index contributed by atoms with van der Waals surface area (Å²) in [5, 5.41) is 3.32. The van der Waals surface area contributed by atoms with Crippen LogP contribution in [-0.4, -0.2) is 38.6 Å². The smallest absolute Gasteiger partial charge is 0.0385 e. The number of nitrogens with one attached hydrogen (secondary N) is 1. The van der Waals surface area contributed by atoms with Gasteiger partial charge in [0.2, 0.25) is 0 Å². The highest BCUT2D eigenvalue weighted by Crippen LogP contribution is 2.05. The van der Waals surface area contributed by atoms with E-state index in [1.165, 1.54) is 77.0 Å². The van der Waals surface area contributed by atoms with E-state index in [-0.39, 0.29) is 0 Å².